The van der Waals surface area contributed by atoms with Crippen LogP contribution >= 0.6 is 12.2 Å². The van der Waals surface area contributed by atoms with Gasteiger partial charge in [-0.05, 0) is 48.6 Å². The second-order valence-electron chi connectivity index (χ2n) is 6.44. The van der Waals surface area contributed by atoms with E-state index in [1.807, 2.05) is 24.3 Å². The van der Waals surface area contributed by atoms with E-state index in [9.17, 15) is 4.39 Å². The van der Waals surface area contributed by atoms with Crippen LogP contribution in [0.5, 0.6) is 0 Å². The van der Waals surface area contributed by atoms with Crippen molar-refractivity contribution in [3.63, 3.8) is 0 Å². The largest absolute Gasteiger partial charge is 0.369 e. The summed E-state index contributed by atoms with van der Waals surface area (Å²) < 4.78 is 16.7. The second-order valence-corrected chi connectivity index (χ2v) is 6.81. The SMILES string of the molecule is Nn1c(-c2cccnc2)nn(CN2CCN(c3ccc(F)cc3)CC2)c1=S. The molecule has 9 heteroatoms. The molecule has 3 heterocycles. The first-order valence-corrected chi connectivity index (χ1v) is 9.11. The number of benzene rings is 1. The van der Waals surface area contributed by atoms with Crippen LogP contribution in [0.4, 0.5) is 10.1 Å². The predicted molar refractivity (Wildman–Crippen MR) is 105 cm³/mol. The molecule has 1 aliphatic heterocycles. The Morgan fingerprint density at radius 3 is 2.48 bits per heavy atom. The first-order chi connectivity index (χ1) is 13.1. The highest BCUT2D eigenvalue weighted by molar-refractivity contribution is 7.71. The number of pyridine rings is 1. The maximum absolute atomic E-state index is 13.1. The summed E-state index contributed by atoms with van der Waals surface area (Å²) in [6.45, 7) is 4.01. The fourth-order valence-corrected chi connectivity index (χ4v) is 3.38. The van der Waals surface area contributed by atoms with Crippen molar-refractivity contribution in [2.75, 3.05) is 36.9 Å². The molecule has 140 valence electrons. The Morgan fingerprint density at radius 1 is 1.07 bits per heavy atom. The third-order valence-electron chi connectivity index (χ3n) is 4.69. The lowest BCUT2D eigenvalue weighted by molar-refractivity contribution is 0.194. The average molecular weight is 385 g/mol. The van der Waals surface area contributed by atoms with Crippen molar-refractivity contribution >= 4 is 17.9 Å². The lowest BCUT2D eigenvalue weighted by Gasteiger charge is -2.35. The zero-order valence-electron chi connectivity index (χ0n) is 14.7. The van der Waals surface area contributed by atoms with Gasteiger partial charge < -0.3 is 10.7 Å². The normalized spacial score (nSPS) is 15.2. The van der Waals surface area contributed by atoms with Gasteiger partial charge in [0.1, 0.15) is 5.82 Å². The van der Waals surface area contributed by atoms with Gasteiger partial charge in [0.15, 0.2) is 5.82 Å². The Morgan fingerprint density at radius 2 is 1.81 bits per heavy atom. The number of nitrogens with zero attached hydrogens (tertiary/aromatic N) is 6. The van der Waals surface area contributed by atoms with E-state index in [0.29, 0.717) is 17.3 Å². The molecule has 1 fully saturated rings. The number of piperazine rings is 1. The first-order valence-electron chi connectivity index (χ1n) is 8.70. The summed E-state index contributed by atoms with van der Waals surface area (Å²) in [5.74, 6) is 6.48. The Bertz CT molecular complexity index is 960. The highest BCUT2D eigenvalue weighted by Gasteiger charge is 2.19. The Balaban J connectivity index is 1.44. The van der Waals surface area contributed by atoms with Gasteiger partial charge in [-0.25, -0.2) is 13.7 Å². The van der Waals surface area contributed by atoms with E-state index in [0.717, 1.165) is 37.4 Å². The summed E-state index contributed by atoms with van der Waals surface area (Å²) in [5, 5.41) is 4.57. The molecule has 1 aromatic carbocycles. The predicted octanol–water partition coefficient (Wildman–Crippen LogP) is 2.11. The van der Waals surface area contributed by atoms with Gasteiger partial charge in [-0.3, -0.25) is 9.88 Å². The third kappa shape index (κ3) is 3.69. The van der Waals surface area contributed by atoms with E-state index in [1.54, 1.807) is 17.1 Å². The van der Waals surface area contributed by atoms with Gasteiger partial charge in [-0.15, -0.1) is 5.10 Å². The molecular weight excluding hydrogens is 365 g/mol. The number of hydrogen-bond donors (Lipinski definition) is 1. The molecule has 0 atom stereocenters. The number of halogens is 1. The van der Waals surface area contributed by atoms with Crippen LogP contribution in [0.1, 0.15) is 0 Å². The molecule has 27 heavy (non-hydrogen) atoms. The average Bonchev–Trinajstić information content (AvgIpc) is 2.98. The van der Waals surface area contributed by atoms with Gasteiger partial charge >= 0.3 is 0 Å². The fraction of sp³-hybridized carbons (Fsp3) is 0.278. The number of nitrogen functional groups attached to an aromatic ring is 1. The van der Waals surface area contributed by atoms with E-state index in [4.69, 9.17) is 18.1 Å². The van der Waals surface area contributed by atoms with E-state index in [1.165, 1.54) is 16.8 Å². The summed E-state index contributed by atoms with van der Waals surface area (Å²) in [6, 6.07) is 10.4. The standard InChI is InChI=1S/C18H20FN7S/c19-15-3-5-16(6-4-15)24-10-8-23(9-11-24)13-25-18(27)26(20)17(22-25)14-2-1-7-21-12-14/h1-7,12H,8-11,13,20H2. The van der Waals surface area contributed by atoms with Gasteiger partial charge in [0, 0.05) is 49.8 Å². The molecule has 7 nitrogen and oxygen atoms in total. The zero-order valence-corrected chi connectivity index (χ0v) is 15.5. The highest BCUT2D eigenvalue weighted by Crippen LogP contribution is 2.18. The monoisotopic (exact) mass is 385 g/mol. The van der Waals surface area contributed by atoms with Gasteiger partial charge in [-0.1, -0.05) is 0 Å². The molecule has 2 N–H and O–H groups in total. The van der Waals surface area contributed by atoms with E-state index < -0.39 is 0 Å². The molecule has 1 saturated heterocycles. The van der Waals surface area contributed by atoms with Gasteiger partial charge in [0.05, 0.1) is 6.67 Å². The van der Waals surface area contributed by atoms with Crippen LogP contribution in [-0.4, -0.2) is 50.5 Å². The van der Waals surface area contributed by atoms with Crippen LogP contribution in [0.25, 0.3) is 11.4 Å². The van der Waals surface area contributed by atoms with Gasteiger partial charge in [0.25, 0.3) is 0 Å². The van der Waals surface area contributed by atoms with Gasteiger partial charge in [0.2, 0.25) is 4.77 Å². The summed E-state index contributed by atoms with van der Waals surface area (Å²) in [5.41, 5.74) is 1.86. The Labute approximate surface area is 161 Å². The van der Waals surface area contributed by atoms with Crippen molar-refractivity contribution in [1.82, 2.24) is 24.3 Å². The van der Waals surface area contributed by atoms with Crippen LogP contribution < -0.4 is 10.7 Å². The molecule has 4 rings (SSSR count). The van der Waals surface area contributed by atoms with Crippen molar-refractivity contribution in [3.05, 3.63) is 59.4 Å². The lowest BCUT2D eigenvalue weighted by atomic mass is 10.2. The molecule has 0 spiro atoms. The minimum Gasteiger partial charge on any atom is -0.369 e. The van der Waals surface area contributed by atoms with Crippen molar-refractivity contribution in [1.29, 1.82) is 0 Å². The molecule has 2 aromatic heterocycles. The molecule has 0 aliphatic carbocycles. The first kappa shape index (κ1) is 17.6. The van der Waals surface area contributed by atoms with Crippen LogP contribution in [-0.2, 0) is 6.67 Å². The number of anilines is 1. The lowest BCUT2D eigenvalue weighted by Crippen LogP contribution is -2.47. The molecule has 0 saturated carbocycles. The smallest absolute Gasteiger partial charge is 0.218 e. The van der Waals surface area contributed by atoms with Gasteiger partial charge in [-0.2, -0.15) is 0 Å². The van der Waals surface area contributed by atoms with E-state index >= 15 is 0 Å². The number of nitrogens with two attached hydrogens (primary N) is 1. The van der Waals surface area contributed by atoms with Crippen molar-refractivity contribution in [2.24, 2.45) is 0 Å². The summed E-state index contributed by atoms with van der Waals surface area (Å²) in [6.07, 6.45) is 3.42. The number of aromatic nitrogens is 4. The summed E-state index contributed by atoms with van der Waals surface area (Å²) in [4.78, 5) is 8.63. The van der Waals surface area contributed by atoms with Crippen LogP contribution in [0.2, 0.25) is 0 Å². The van der Waals surface area contributed by atoms with E-state index in [2.05, 4.69) is 19.9 Å². The van der Waals surface area contributed by atoms with Crippen molar-refractivity contribution in [2.45, 2.75) is 6.67 Å². The van der Waals surface area contributed by atoms with Crippen LogP contribution in [0.3, 0.4) is 0 Å². The van der Waals surface area contributed by atoms with E-state index in [-0.39, 0.29) is 5.82 Å². The topological polar surface area (TPSA) is 68.1 Å². The number of rotatable bonds is 4. The minimum absolute atomic E-state index is 0.214. The highest BCUT2D eigenvalue weighted by atomic mass is 32.1. The molecule has 1 aliphatic rings. The molecular formula is C18H20FN7S. The summed E-state index contributed by atoms with van der Waals surface area (Å²) >= 11 is 5.44. The van der Waals surface area contributed by atoms with Crippen LogP contribution in [0.15, 0.2) is 48.8 Å². The maximum Gasteiger partial charge on any atom is 0.218 e. The molecule has 3 aromatic rings. The molecule has 0 bridgehead atoms. The zero-order chi connectivity index (χ0) is 18.8. The minimum atomic E-state index is -0.214. The maximum atomic E-state index is 13.1. The Hall–Kier alpha value is -2.78. The summed E-state index contributed by atoms with van der Waals surface area (Å²) in [7, 11) is 0. The number of hydrogen-bond acceptors (Lipinski definition) is 6. The third-order valence-corrected chi connectivity index (χ3v) is 5.10. The van der Waals surface area contributed by atoms with Crippen LogP contribution in [0, 0.1) is 10.6 Å². The molecule has 0 amide bonds. The molecule has 0 radical (unpaired) electrons. The quantitative estimate of drug-likeness (QED) is 0.548. The molecule has 0 unspecified atom stereocenters. The Kier molecular flexibility index (Phi) is 4.87. The van der Waals surface area contributed by atoms with Crippen molar-refractivity contribution < 1.29 is 4.39 Å². The fourth-order valence-electron chi connectivity index (χ4n) is 3.19. The second kappa shape index (κ2) is 7.45. The van der Waals surface area contributed by atoms with Crippen molar-refractivity contribution in [3.8, 4) is 11.4 Å².